The second kappa shape index (κ2) is 15.3. The van der Waals surface area contributed by atoms with Gasteiger partial charge in [0.15, 0.2) is 0 Å². The fourth-order valence-electron chi connectivity index (χ4n) is 7.65. The maximum atomic E-state index is 14.9. The van der Waals surface area contributed by atoms with Gasteiger partial charge in [0.2, 0.25) is 15.9 Å². The number of nitrogens with zero attached hydrogens (tertiary/aromatic N) is 7. The number of amides is 2. The van der Waals surface area contributed by atoms with Gasteiger partial charge in [-0.3, -0.25) is 14.4 Å². The van der Waals surface area contributed by atoms with Crippen molar-refractivity contribution < 1.29 is 27.5 Å². The molecule has 2 amide bonds. The smallest absolute Gasteiger partial charge is 0.410 e. The van der Waals surface area contributed by atoms with E-state index in [0.717, 1.165) is 30.0 Å². The van der Waals surface area contributed by atoms with E-state index in [1.54, 1.807) is 21.3 Å². The molecule has 4 atom stereocenters. The van der Waals surface area contributed by atoms with Crippen LogP contribution in [0.4, 0.5) is 10.5 Å². The van der Waals surface area contributed by atoms with Crippen LogP contribution in [0.5, 0.6) is 0 Å². The summed E-state index contributed by atoms with van der Waals surface area (Å²) in [6, 6.07) is 3.85. The average molecular weight is 774 g/mol. The van der Waals surface area contributed by atoms with Crippen LogP contribution >= 0.6 is 0 Å². The van der Waals surface area contributed by atoms with Gasteiger partial charge >= 0.3 is 6.09 Å². The number of aromatic nitrogens is 2. The van der Waals surface area contributed by atoms with Gasteiger partial charge in [0.1, 0.15) is 12.3 Å². The van der Waals surface area contributed by atoms with Gasteiger partial charge in [-0.2, -0.15) is 9.40 Å². The highest BCUT2D eigenvalue weighted by Crippen LogP contribution is 2.45. The molecule has 0 bridgehead atoms. The molecule has 2 aromatic rings. The van der Waals surface area contributed by atoms with Gasteiger partial charge in [-0.15, -0.1) is 0 Å². The van der Waals surface area contributed by atoms with Crippen LogP contribution in [0.1, 0.15) is 66.8 Å². The number of hydrogen-bond donors (Lipinski definition) is 0. The number of fused-ring (bicyclic) bond motifs is 1. The van der Waals surface area contributed by atoms with Crippen LogP contribution in [0.25, 0.3) is 10.9 Å². The first-order valence-electron chi connectivity index (χ1n) is 19.0. The first-order valence-corrected chi connectivity index (χ1v) is 24.2. The predicted molar refractivity (Wildman–Crippen MR) is 212 cm³/mol. The van der Waals surface area contributed by atoms with E-state index >= 15 is 0 Å². The lowest BCUT2D eigenvalue weighted by molar-refractivity contribution is -0.127. The van der Waals surface area contributed by atoms with Crippen molar-refractivity contribution in [1.29, 1.82) is 0 Å². The van der Waals surface area contributed by atoms with Crippen molar-refractivity contribution in [2.45, 2.75) is 127 Å². The van der Waals surface area contributed by atoms with Crippen molar-refractivity contribution in [1.82, 2.24) is 28.8 Å². The molecule has 1 saturated carbocycles. The molecule has 0 unspecified atom stereocenters. The maximum Gasteiger partial charge on any atom is 0.410 e. The number of piperazine rings is 1. The van der Waals surface area contributed by atoms with Gasteiger partial charge in [-0.05, 0) is 99.2 Å². The Morgan fingerprint density at radius 3 is 2.28 bits per heavy atom. The summed E-state index contributed by atoms with van der Waals surface area (Å²) in [4.78, 5) is 34.3. The van der Waals surface area contributed by atoms with Crippen LogP contribution in [0, 0.1) is 0 Å². The zero-order chi connectivity index (χ0) is 39.3. The van der Waals surface area contributed by atoms with E-state index in [4.69, 9.17) is 14.6 Å². The van der Waals surface area contributed by atoms with Crippen LogP contribution in [0.15, 0.2) is 35.9 Å². The number of ether oxygens (including phenoxy) is 2. The predicted octanol–water partition coefficient (Wildman–Crippen LogP) is 5.62. The SMILES string of the molecule is C=CC(=O)N1C[C@H](n2ncc3c(N4C[C@H](C)N(C(=O)OC(C)(C)C)[C@@H](C)C4)cc(S(=O)(=O)N(COCC[Si](C)(C)C)C4(C)CC4)cc32)C[C@H]1CN(C)C. The van der Waals surface area contributed by atoms with Gasteiger partial charge < -0.3 is 24.2 Å². The number of hydrogen-bond acceptors (Lipinski definition) is 9. The number of rotatable bonds is 13. The molecule has 13 nitrogen and oxygen atoms in total. The lowest BCUT2D eigenvalue weighted by atomic mass is 10.1. The molecule has 15 heteroatoms. The average Bonchev–Trinajstić information content (AvgIpc) is 3.42. The highest BCUT2D eigenvalue weighted by atomic mass is 32.2. The second-order valence-corrected chi connectivity index (χ2v) is 25.6. The summed E-state index contributed by atoms with van der Waals surface area (Å²) in [5.41, 5.74) is 0.290. The van der Waals surface area contributed by atoms with Crippen LogP contribution in [0.2, 0.25) is 25.7 Å². The summed E-state index contributed by atoms with van der Waals surface area (Å²) in [6.07, 6.45) is 5.00. The van der Waals surface area contributed by atoms with Crippen LogP contribution in [-0.4, -0.2) is 140 Å². The molecular weight excluding hydrogens is 711 g/mol. The Hall–Kier alpha value is -2.98. The van der Waals surface area contributed by atoms with E-state index in [-0.39, 0.29) is 47.8 Å². The molecule has 3 fully saturated rings. The number of likely N-dealkylation sites (N-methyl/N-ethyl adjacent to an activating group) is 1. The lowest BCUT2D eigenvalue weighted by Crippen LogP contribution is -2.59. The quantitative estimate of drug-likeness (QED) is 0.111. The molecule has 0 spiro atoms. The van der Waals surface area contributed by atoms with E-state index in [9.17, 15) is 18.0 Å². The third-order valence-corrected chi connectivity index (χ3v) is 14.3. The molecule has 0 radical (unpaired) electrons. The van der Waals surface area contributed by atoms with E-state index in [1.165, 1.54) is 6.08 Å². The number of likely N-dealkylation sites (tertiary alicyclic amines) is 1. The third-order valence-electron chi connectivity index (χ3n) is 10.7. The minimum atomic E-state index is -4.03. The Morgan fingerprint density at radius 2 is 1.74 bits per heavy atom. The van der Waals surface area contributed by atoms with Crippen LogP contribution < -0.4 is 4.90 Å². The standard InChI is InChI=1S/C38H63N7O6SSi/c1-13-35(46)42-25-30(18-29(42)24-40(8)9)45-34-20-31(52(48,49)43(38(7)14-15-38)26-50-16-17-53(10,11)12)19-33(32(34)21-39-45)41-22-27(2)44(28(3)23-41)36(47)51-37(4,5)6/h13,19-21,27-30H,1,14-18,22-26H2,2-12H3/t27-,28-,29-,30+/m0/s1. The molecule has 0 N–H and O–H groups in total. The van der Waals surface area contributed by atoms with Crippen molar-refractivity contribution in [3.63, 3.8) is 0 Å². The molecular formula is C38H63N7O6SSi. The van der Waals surface area contributed by atoms with Crippen molar-refractivity contribution in [2.24, 2.45) is 0 Å². The summed E-state index contributed by atoms with van der Waals surface area (Å²) in [7, 11) is -1.43. The number of anilines is 1. The molecule has 1 aromatic carbocycles. The minimum absolute atomic E-state index is 0.00789. The van der Waals surface area contributed by atoms with Gasteiger partial charge in [0.05, 0.1) is 34.7 Å². The largest absolute Gasteiger partial charge is 0.444 e. The number of carbonyl (C=O) groups is 2. The molecule has 1 aromatic heterocycles. The molecule has 53 heavy (non-hydrogen) atoms. The van der Waals surface area contributed by atoms with Crippen LogP contribution in [0.3, 0.4) is 0 Å². The van der Waals surface area contributed by atoms with E-state index < -0.39 is 29.2 Å². The normalized spacial score (nSPS) is 23.7. The van der Waals surface area contributed by atoms with Gasteiger partial charge in [0, 0.05) is 63.5 Å². The summed E-state index contributed by atoms with van der Waals surface area (Å²) in [5.74, 6) is -0.131. The Labute approximate surface area is 318 Å². The topological polar surface area (TPSA) is 121 Å². The monoisotopic (exact) mass is 773 g/mol. The first-order chi connectivity index (χ1) is 24.5. The zero-order valence-corrected chi connectivity index (χ0v) is 35.7. The van der Waals surface area contributed by atoms with Gasteiger partial charge in [-0.25, -0.2) is 13.2 Å². The third kappa shape index (κ3) is 9.29. The fraction of sp³-hybridized carbons (Fsp3) is 0.711. The van der Waals surface area contributed by atoms with Gasteiger partial charge in [-0.1, -0.05) is 26.2 Å². The van der Waals surface area contributed by atoms with Crippen molar-refractivity contribution in [2.75, 3.05) is 58.5 Å². The molecule has 3 heterocycles. The van der Waals surface area contributed by atoms with Crippen molar-refractivity contribution in [3.05, 3.63) is 31.0 Å². The first kappa shape index (κ1) is 41.2. The number of sulfonamides is 1. The lowest BCUT2D eigenvalue weighted by Gasteiger charge is -2.45. The van der Waals surface area contributed by atoms with Crippen LogP contribution in [-0.2, 0) is 24.3 Å². The van der Waals surface area contributed by atoms with E-state index in [2.05, 4.69) is 36.0 Å². The summed E-state index contributed by atoms with van der Waals surface area (Å²) >= 11 is 0. The molecule has 3 aliphatic rings. The Morgan fingerprint density at radius 1 is 1.09 bits per heavy atom. The fourth-order valence-corrected chi connectivity index (χ4v) is 10.2. The second-order valence-electron chi connectivity index (χ2n) is 18.2. The Balaban J connectivity index is 1.58. The zero-order valence-electron chi connectivity index (χ0n) is 33.9. The van der Waals surface area contributed by atoms with Crippen molar-refractivity contribution >= 4 is 46.7 Å². The molecule has 1 aliphatic carbocycles. The molecule has 296 valence electrons. The summed E-state index contributed by atoms with van der Waals surface area (Å²) < 4.78 is 45.1. The minimum Gasteiger partial charge on any atom is -0.444 e. The van der Waals surface area contributed by atoms with Gasteiger partial charge in [0.25, 0.3) is 0 Å². The molecule has 2 saturated heterocycles. The number of benzene rings is 1. The highest BCUT2D eigenvalue weighted by Gasteiger charge is 2.50. The highest BCUT2D eigenvalue weighted by molar-refractivity contribution is 7.89. The van der Waals surface area contributed by atoms with Crippen molar-refractivity contribution in [3.8, 4) is 0 Å². The molecule has 5 rings (SSSR count). The van der Waals surface area contributed by atoms with E-state index in [0.29, 0.717) is 44.7 Å². The Kier molecular flexibility index (Phi) is 11.9. The molecule has 2 aliphatic heterocycles. The van der Waals surface area contributed by atoms with E-state index in [1.807, 2.05) is 71.4 Å². The Bertz CT molecular complexity index is 1770. The summed E-state index contributed by atoms with van der Waals surface area (Å²) in [5, 5.41) is 5.72. The maximum absolute atomic E-state index is 14.9. The summed E-state index contributed by atoms with van der Waals surface area (Å²) in [6.45, 7) is 24.7. The number of carbonyl (C=O) groups excluding carboxylic acids is 2.